The quantitative estimate of drug-likeness (QED) is 0.782. The van der Waals surface area contributed by atoms with Crippen LogP contribution in [-0.4, -0.2) is 6.54 Å². The average molecular weight is 253 g/mol. The van der Waals surface area contributed by atoms with E-state index in [-0.39, 0.29) is 0 Å². The van der Waals surface area contributed by atoms with Crippen LogP contribution in [0.5, 0.6) is 11.5 Å². The Morgan fingerprint density at radius 3 is 2.53 bits per heavy atom. The summed E-state index contributed by atoms with van der Waals surface area (Å²) < 4.78 is 5.79. The SMILES string of the molecule is NCCCC=Cc1cccc(Oc2ccccc2)c1. The highest BCUT2D eigenvalue weighted by molar-refractivity contribution is 5.52. The molecule has 0 atom stereocenters. The van der Waals surface area contributed by atoms with Gasteiger partial charge in [-0.3, -0.25) is 0 Å². The molecule has 0 bridgehead atoms. The molecule has 19 heavy (non-hydrogen) atoms. The molecule has 0 spiro atoms. The number of nitrogens with two attached hydrogens (primary N) is 1. The van der Waals surface area contributed by atoms with Gasteiger partial charge in [-0.15, -0.1) is 0 Å². The molecule has 0 aliphatic carbocycles. The third-order valence-electron chi connectivity index (χ3n) is 2.72. The van der Waals surface area contributed by atoms with Gasteiger partial charge in [-0.2, -0.15) is 0 Å². The van der Waals surface area contributed by atoms with Gasteiger partial charge in [0.25, 0.3) is 0 Å². The number of benzene rings is 2. The molecule has 2 aromatic rings. The maximum atomic E-state index is 5.79. The van der Waals surface area contributed by atoms with Crippen molar-refractivity contribution in [3.05, 3.63) is 66.2 Å². The van der Waals surface area contributed by atoms with E-state index < -0.39 is 0 Å². The van der Waals surface area contributed by atoms with Gasteiger partial charge in [0.2, 0.25) is 0 Å². The molecule has 0 radical (unpaired) electrons. The van der Waals surface area contributed by atoms with Crippen LogP contribution in [0.2, 0.25) is 0 Å². The van der Waals surface area contributed by atoms with Crippen molar-refractivity contribution in [2.24, 2.45) is 5.73 Å². The largest absolute Gasteiger partial charge is 0.457 e. The fourth-order valence-electron chi connectivity index (χ4n) is 1.76. The van der Waals surface area contributed by atoms with Gasteiger partial charge >= 0.3 is 0 Å². The topological polar surface area (TPSA) is 35.2 Å². The molecule has 98 valence electrons. The minimum Gasteiger partial charge on any atom is -0.457 e. The van der Waals surface area contributed by atoms with E-state index in [0.29, 0.717) is 0 Å². The van der Waals surface area contributed by atoms with Crippen LogP contribution in [0.1, 0.15) is 18.4 Å². The van der Waals surface area contributed by atoms with Crippen LogP contribution in [0.3, 0.4) is 0 Å². The zero-order valence-corrected chi connectivity index (χ0v) is 11.0. The number of hydrogen-bond donors (Lipinski definition) is 1. The molecule has 0 unspecified atom stereocenters. The Hall–Kier alpha value is -2.06. The van der Waals surface area contributed by atoms with Crippen molar-refractivity contribution < 1.29 is 4.74 Å². The van der Waals surface area contributed by atoms with Crippen molar-refractivity contribution in [1.29, 1.82) is 0 Å². The molecule has 0 saturated heterocycles. The predicted molar refractivity (Wildman–Crippen MR) is 80.3 cm³/mol. The first kappa shape index (κ1) is 13.4. The summed E-state index contributed by atoms with van der Waals surface area (Å²) in [6.45, 7) is 0.738. The van der Waals surface area contributed by atoms with Gasteiger partial charge < -0.3 is 10.5 Å². The van der Waals surface area contributed by atoms with Crippen molar-refractivity contribution in [1.82, 2.24) is 0 Å². The number of ether oxygens (including phenoxy) is 1. The van der Waals surface area contributed by atoms with Crippen LogP contribution >= 0.6 is 0 Å². The molecule has 0 heterocycles. The van der Waals surface area contributed by atoms with Crippen LogP contribution < -0.4 is 10.5 Å². The van der Waals surface area contributed by atoms with Gasteiger partial charge in [-0.05, 0) is 49.2 Å². The van der Waals surface area contributed by atoms with Gasteiger partial charge in [0.15, 0.2) is 0 Å². The Bertz CT molecular complexity index is 520. The molecular formula is C17H19NO. The predicted octanol–water partition coefficient (Wildman–Crippen LogP) is 4.23. The summed E-state index contributed by atoms with van der Waals surface area (Å²) in [6.07, 6.45) is 6.29. The van der Waals surface area contributed by atoms with E-state index in [0.717, 1.165) is 36.4 Å². The normalized spacial score (nSPS) is 10.8. The fourth-order valence-corrected chi connectivity index (χ4v) is 1.76. The lowest BCUT2D eigenvalue weighted by atomic mass is 10.2. The molecule has 0 aromatic heterocycles. The molecule has 0 aliphatic heterocycles. The minimum atomic E-state index is 0.738. The van der Waals surface area contributed by atoms with Crippen LogP contribution in [0.15, 0.2) is 60.7 Å². The third-order valence-corrected chi connectivity index (χ3v) is 2.72. The number of rotatable bonds is 6. The number of unbranched alkanes of at least 4 members (excludes halogenated alkanes) is 1. The van der Waals surface area contributed by atoms with Gasteiger partial charge in [0, 0.05) is 0 Å². The smallest absolute Gasteiger partial charge is 0.128 e. The highest BCUT2D eigenvalue weighted by Gasteiger charge is 1.96. The zero-order valence-electron chi connectivity index (χ0n) is 11.0. The second kappa shape index (κ2) is 7.39. The minimum absolute atomic E-state index is 0.738. The third kappa shape index (κ3) is 4.60. The second-order valence-corrected chi connectivity index (χ2v) is 4.32. The van der Waals surface area contributed by atoms with Crippen molar-refractivity contribution in [2.45, 2.75) is 12.8 Å². The molecule has 0 saturated carbocycles. The summed E-state index contributed by atoms with van der Waals surface area (Å²) in [7, 11) is 0. The summed E-state index contributed by atoms with van der Waals surface area (Å²) in [5.74, 6) is 1.71. The highest BCUT2D eigenvalue weighted by Crippen LogP contribution is 2.22. The lowest BCUT2D eigenvalue weighted by Crippen LogP contribution is -1.96. The van der Waals surface area contributed by atoms with Crippen molar-refractivity contribution in [3.63, 3.8) is 0 Å². The summed E-state index contributed by atoms with van der Waals surface area (Å²) in [6, 6.07) is 17.9. The molecule has 2 rings (SSSR count). The van der Waals surface area contributed by atoms with Crippen molar-refractivity contribution >= 4 is 6.08 Å². The first-order valence-corrected chi connectivity index (χ1v) is 6.58. The Morgan fingerprint density at radius 2 is 1.74 bits per heavy atom. The van der Waals surface area contributed by atoms with E-state index >= 15 is 0 Å². The van der Waals surface area contributed by atoms with E-state index in [1.54, 1.807) is 0 Å². The fraction of sp³-hybridized carbons (Fsp3) is 0.176. The summed E-state index contributed by atoms with van der Waals surface area (Å²) in [4.78, 5) is 0. The first-order chi connectivity index (χ1) is 9.38. The molecule has 2 nitrogen and oxygen atoms in total. The van der Waals surface area contributed by atoms with Gasteiger partial charge in [0.1, 0.15) is 11.5 Å². The van der Waals surface area contributed by atoms with E-state index in [4.69, 9.17) is 10.5 Å². The van der Waals surface area contributed by atoms with Crippen LogP contribution in [-0.2, 0) is 0 Å². The molecule has 2 heteroatoms. The Morgan fingerprint density at radius 1 is 0.947 bits per heavy atom. The molecule has 2 aromatic carbocycles. The summed E-state index contributed by atoms with van der Waals surface area (Å²) in [5.41, 5.74) is 6.61. The maximum Gasteiger partial charge on any atom is 0.128 e. The zero-order chi connectivity index (χ0) is 13.3. The molecule has 0 aliphatic rings. The second-order valence-electron chi connectivity index (χ2n) is 4.32. The standard InChI is InChI=1S/C17H19NO/c18-13-6-2-3-8-15-9-7-12-17(14-15)19-16-10-4-1-5-11-16/h1,3-5,7-12,14H,2,6,13,18H2. The van der Waals surface area contributed by atoms with Gasteiger partial charge in [-0.25, -0.2) is 0 Å². The van der Waals surface area contributed by atoms with Crippen molar-refractivity contribution in [2.75, 3.05) is 6.54 Å². The average Bonchev–Trinajstić information content (AvgIpc) is 2.45. The summed E-state index contributed by atoms with van der Waals surface area (Å²) >= 11 is 0. The van der Waals surface area contributed by atoms with Crippen LogP contribution in [0, 0.1) is 0 Å². The lowest BCUT2D eigenvalue weighted by Gasteiger charge is -2.05. The molecule has 0 amide bonds. The number of para-hydroxylation sites is 1. The first-order valence-electron chi connectivity index (χ1n) is 6.58. The highest BCUT2D eigenvalue weighted by atomic mass is 16.5. The van der Waals surface area contributed by atoms with Crippen LogP contribution in [0.4, 0.5) is 0 Å². The summed E-state index contributed by atoms with van der Waals surface area (Å²) in [5, 5.41) is 0. The van der Waals surface area contributed by atoms with Crippen molar-refractivity contribution in [3.8, 4) is 11.5 Å². The Labute approximate surface area is 114 Å². The van der Waals surface area contributed by atoms with E-state index in [1.165, 1.54) is 0 Å². The molecule has 0 fully saturated rings. The molecular weight excluding hydrogens is 234 g/mol. The van der Waals surface area contributed by atoms with Gasteiger partial charge in [-0.1, -0.05) is 42.5 Å². The molecule has 2 N–H and O–H groups in total. The number of allylic oxidation sites excluding steroid dienone is 1. The van der Waals surface area contributed by atoms with E-state index in [2.05, 4.69) is 18.2 Å². The lowest BCUT2D eigenvalue weighted by molar-refractivity contribution is 0.482. The van der Waals surface area contributed by atoms with Gasteiger partial charge in [0.05, 0.1) is 0 Å². The maximum absolute atomic E-state index is 5.79. The van der Waals surface area contributed by atoms with E-state index in [9.17, 15) is 0 Å². The van der Waals surface area contributed by atoms with E-state index in [1.807, 2.05) is 48.5 Å². The van der Waals surface area contributed by atoms with Crippen LogP contribution in [0.25, 0.3) is 6.08 Å². The Balaban J connectivity index is 2.01. The number of hydrogen-bond acceptors (Lipinski definition) is 2. The Kier molecular flexibility index (Phi) is 5.20. The monoisotopic (exact) mass is 253 g/mol.